The molecule has 0 radical (unpaired) electrons. The second-order valence-corrected chi connectivity index (χ2v) is 5.39. The maximum Gasteiger partial charge on any atom is 0.343 e. The minimum absolute atomic E-state index is 0.0791. The summed E-state index contributed by atoms with van der Waals surface area (Å²) in [7, 11) is 0. The van der Waals surface area contributed by atoms with E-state index in [4.69, 9.17) is 27.9 Å². The molecule has 25 heavy (non-hydrogen) atoms. The molecule has 0 saturated heterocycles. The molecule has 0 bridgehead atoms. The molecule has 1 aromatic carbocycles. The number of nitrogens with zero attached hydrogens (tertiary/aromatic N) is 2. The molecular weight excluding hydrogens is 370 g/mol. The summed E-state index contributed by atoms with van der Waals surface area (Å²) >= 11 is 11.4. The van der Waals surface area contributed by atoms with Crippen molar-refractivity contribution in [1.29, 1.82) is 0 Å². The van der Waals surface area contributed by atoms with Gasteiger partial charge in [-0.05, 0) is 25.1 Å². The minimum Gasteiger partial charge on any atom is -0.506 e. The van der Waals surface area contributed by atoms with Crippen molar-refractivity contribution in [1.82, 2.24) is 4.98 Å². The van der Waals surface area contributed by atoms with Crippen LogP contribution in [0.15, 0.2) is 47.0 Å². The number of ether oxygens (including phenoxy) is 1. The highest BCUT2D eigenvalue weighted by molar-refractivity contribution is 6.34. The number of hydrogen-bond acceptors (Lipinski definition) is 5. The van der Waals surface area contributed by atoms with Crippen molar-refractivity contribution in [3.8, 4) is 0 Å². The number of aliphatic hydroxyl groups is 1. The van der Waals surface area contributed by atoms with Crippen molar-refractivity contribution in [2.75, 3.05) is 6.61 Å². The molecule has 2 aromatic rings. The molecule has 0 atom stereocenters. The first-order valence-corrected chi connectivity index (χ1v) is 7.91. The van der Waals surface area contributed by atoms with Crippen LogP contribution in [0.1, 0.15) is 12.5 Å². The summed E-state index contributed by atoms with van der Waals surface area (Å²) in [6, 6.07) is 9.61. The third kappa shape index (κ3) is 4.78. The molecule has 0 aliphatic rings. The van der Waals surface area contributed by atoms with Crippen LogP contribution in [0.3, 0.4) is 0 Å². The molecule has 0 amide bonds. The van der Waals surface area contributed by atoms with E-state index in [-0.39, 0.29) is 22.9 Å². The van der Waals surface area contributed by atoms with Crippen LogP contribution in [-0.4, -0.2) is 28.9 Å². The first kappa shape index (κ1) is 18.9. The monoisotopic (exact) mass is 382 g/mol. The van der Waals surface area contributed by atoms with Gasteiger partial charge in [0.1, 0.15) is 16.5 Å². The molecule has 130 valence electrons. The summed E-state index contributed by atoms with van der Waals surface area (Å²) in [5, 5.41) is 9.69. The zero-order valence-corrected chi connectivity index (χ0v) is 14.6. The molecule has 1 N–H and O–H groups in total. The third-order valence-corrected chi connectivity index (χ3v) is 3.54. The number of aliphatic imine (C=N–C) groups is 1. The average molecular weight is 383 g/mol. The second kappa shape index (κ2) is 8.60. The zero-order valence-electron chi connectivity index (χ0n) is 13.0. The lowest BCUT2D eigenvalue weighted by atomic mass is 10.1. The van der Waals surface area contributed by atoms with Crippen LogP contribution in [0.4, 0.5) is 10.1 Å². The highest BCUT2D eigenvalue weighted by Gasteiger charge is 2.20. The van der Waals surface area contributed by atoms with E-state index in [2.05, 4.69) is 9.98 Å². The average Bonchev–Trinajstić information content (AvgIpc) is 2.59. The van der Waals surface area contributed by atoms with Gasteiger partial charge in [0.25, 0.3) is 0 Å². The van der Waals surface area contributed by atoms with Crippen molar-refractivity contribution < 1.29 is 19.0 Å². The Hall–Kier alpha value is -2.44. The Morgan fingerprint density at radius 1 is 1.32 bits per heavy atom. The number of carbonyl (C=O) groups excluding carboxylic acids is 1. The van der Waals surface area contributed by atoms with Crippen LogP contribution < -0.4 is 0 Å². The van der Waals surface area contributed by atoms with Crippen LogP contribution in [-0.2, 0) is 9.53 Å². The van der Waals surface area contributed by atoms with Gasteiger partial charge in [0.2, 0.25) is 0 Å². The van der Waals surface area contributed by atoms with E-state index in [1.54, 1.807) is 37.3 Å². The lowest BCUT2D eigenvalue weighted by Gasteiger charge is -2.08. The Bertz CT molecular complexity index is 839. The number of carbonyl (C=O) groups is 1. The fourth-order valence-corrected chi connectivity index (χ4v) is 2.24. The van der Waals surface area contributed by atoms with Crippen molar-refractivity contribution in [2.45, 2.75) is 6.92 Å². The summed E-state index contributed by atoms with van der Waals surface area (Å²) in [6.45, 7) is 1.69. The number of halogens is 3. The molecule has 1 heterocycles. The normalized spacial score (nSPS) is 12.2. The number of aliphatic hydroxyl groups excluding tert-OH is 1. The van der Waals surface area contributed by atoms with Gasteiger partial charge in [0, 0.05) is 6.21 Å². The maximum absolute atomic E-state index is 13.6. The van der Waals surface area contributed by atoms with Crippen LogP contribution in [0.25, 0.3) is 5.76 Å². The predicted molar refractivity (Wildman–Crippen MR) is 95.0 cm³/mol. The molecule has 0 aliphatic heterocycles. The van der Waals surface area contributed by atoms with Crippen LogP contribution in [0.5, 0.6) is 0 Å². The second-order valence-electron chi connectivity index (χ2n) is 4.68. The van der Waals surface area contributed by atoms with E-state index >= 15 is 0 Å². The van der Waals surface area contributed by atoms with Gasteiger partial charge < -0.3 is 9.84 Å². The first-order chi connectivity index (χ1) is 11.9. The van der Waals surface area contributed by atoms with Crippen molar-refractivity contribution >= 4 is 46.8 Å². The van der Waals surface area contributed by atoms with E-state index in [0.29, 0.717) is 5.69 Å². The number of aromatic nitrogens is 1. The van der Waals surface area contributed by atoms with E-state index in [9.17, 15) is 14.3 Å². The van der Waals surface area contributed by atoms with Gasteiger partial charge in [-0.2, -0.15) is 0 Å². The Morgan fingerprint density at radius 3 is 2.64 bits per heavy atom. The summed E-state index contributed by atoms with van der Waals surface area (Å²) in [5.74, 6) is -2.35. The largest absolute Gasteiger partial charge is 0.506 e. The third-order valence-electron chi connectivity index (χ3n) is 2.99. The van der Waals surface area contributed by atoms with Gasteiger partial charge in [-0.3, -0.25) is 4.99 Å². The van der Waals surface area contributed by atoms with Crippen LogP contribution in [0, 0.1) is 5.82 Å². The topological polar surface area (TPSA) is 71.8 Å². The van der Waals surface area contributed by atoms with Crippen molar-refractivity contribution in [3.63, 3.8) is 0 Å². The standard InChI is InChI=1S/C17H13Cl2FN2O3/c1-2-25-17(24)12(9-21-10-6-4-3-5-7-10)14(23)11-8-13(20)16(19)22-15(11)18/h3-9,23H,2H2,1H3/b14-12-,21-9?. The predicted octanol–water partition coefficient (Wildman–Crippen LogP) is 4.76. The summed E-state index contributed by atoms with van der Waals surface area (Å²) in [4.78, 5) is 19.8. The molecule has 0 unspecified atom stereocenters. The fourth-order valence-electron chi connectivity index (χ4n) is 1.83. The number of pyridine rings is 1. The van der Waals surface area contributed by atoms with Gasteiger partial charge in [0.05, 0.1) is 17.9 Å². The van der Waals surface area contributed by atoms with Gasteiger partial charge in [0.15, 0.2) is 11.0 Å². The van der Waals surface area contributed by atoms with Gasteiger partial charge >= 0.3 is 5.97 Å². The molecule has 0 saturated carbocycles. The summed E-state index contributed by atoms with van der Waals surface area (Å²) < 4.78 is 18.5. The molecule has 1 aromatic heterocycles. The van der Waals surface area contributed by atoms with Crippen LogP contribution in [0.2, 0.25) is 10.3 Å². The highest BCUT2D eigenvalue weighted by Crippen LogP contribution is 2.27. The van der Waals surface area contributed by atoms with E-state index < -0.39 is 22.7 Å². The first-order valence-electron chi connectivity index (χ1n) is 7.15. The summed E-state index contributed by atoms with van der Waals surface area (Å²) in [6.07, 6.45) is 1.12. The highest BCUT2D eigenvalue weighted by atomic mass is 35.5. The molecule has 0 fully saturated rings. The van der Waals surface area contributed by atoms with Gasteiger partial charge in [-0.25, -0.2) is 14.2 Å². The smallest absolute Gasteiger partial charge is 0.343 e. The molecule has 0 spiro atoms. The van der Waals surface area contributed by atoms with Crippen molar-refractivity contribution in [3.05, 3.63) is 63.7 Å². The maximum atomic E-state index is 13.6. The lowest BCUT2D eigenvalue weighted by Crippen LogP contribution is -2.11. The Kier molecular flexibility index (Phi) is 6.50. The molecule has 8 heteroatoms. The number of hydrogen-bond donors (Lipinski definition) is 1. The van der Waals surface area contributed by atoms with Gasteiger partial charge in [-0.15, -0.1) is 0 Å². The molecule has 0 aliphatic carbocycles. The molecule has 5 nitrogen and oxygen atoms in total. The minimum atomic E-state index is -0.893. The summed E-state index contributed by atoms with van der Waals surface area (Å²) in [5.41, 5.74) is 0.0471. The van der Waals surface area contributed by atoms with E-state index in [1.165, 1.54) is 0 Å². The van der Waals surface area contributed by atoms with E-state index in [1.807, 2.05) is 0 Å². The van der Waals surface area contributed by atoms with Crippen molar-refractivity contribution in [2.24, 2.45) is 4.99 Å². The number of esters is 1. The number of para-hydroxylation sites is 1. The molecule has 2 rings (SSSR count). The number of benzene rings is 1. The quantitative estimate of drug-likeness (QED) is 0.266. The molecular formula is C17H13Cl2FN2O3. The Labute approximate surface area is 153 Å². The Morgan fingerprint density at radius 2 is 2.00 bits per heavy atom. The Balaban J connectivity index is 2.53. The number of rotatable bonds is 5. The van der Waals surface area contributed by atoms with E-state index in [0.717, 1.165) is 12.3 Å². The SMILES string of the molecule is CCOC(=O)/C(C=Nc1ccccc1)=C(\O)c1cc(F)c(Cl)nc1Cl. The van der Waals surface area contributed by atoms with Crippen LogP contribution >= 0.6 is 23.2 Å². The fraction of sp³-hybridized carbons (Fsp3) is 0.118. The van der Waals surface area contributed by atoms with Gasteiger partial charge in [-0.1, -0.05) is 41.4 Å². The zero-order chi connectivity index (χ0) is 18.4. The lowest BCUT2D eigenvalue weighted by molar-refractivity contribution is -0.137.